The van der Waals surface area contributed by atoms with E-state index in [4.69, 9.17) is 9.47 Å². The van der Waals surface area contributed by atoms with E-state index >= 15 is 0 Å². The van der Waals surface area contributed by atoms with Crippen LogP contribution in [-0.4, -0.2) is 33.4 Å². The molecule has 1 aliphatic carbocycles. The highest BCUT2D eigenvalue weighted by Gasteiger charge is 2.21. The third-order valence-electron chi connectivity index (χ3n) is 4.56. The van der Waals surface area contributed by atoms with E-state index in [0.29, 0.717) is 41.9 Å². The van der Waals surface area contributed by atoms with Crippen LogP contribution in [0, 0.1) is 0 Å². The van der Waals surface area contributed by atoms with Crippen molar-refractivity contribution < 1.29 is 19.1 Å². The maximum atomic E-state index is 13.2. The molecule has 0 aromatic carbocycles. The van der Waals surface area contributed by atoms with Crippen LogP contribution in [0.5, 0.6) is 5.88 Å². The Bertz CT molecular complexity index is 1200. The molecule has 0 radical (unpaired) electrons. The molecule has 8 heteroatoms. The summed E-state index contributed by atoms with van der Waals surface area (Å²) >= 11 is 0. The summed E-state index contributed by atoms with van der Waals surface area (Å²) in [5.41, 5.74) is 0.0745. The van der Waals surface area contributed by atoms with E-state index < -0.39 is 11.5 Å². The fourth-order valence-electron chi connectivity index (χ4n) is 3.17. The van der Waals surface area contributed by atoms with Gasteiger partial charge in [-0.05, 0) is 30.7 Å². The number of esters is 1. The number of ketones is 1. The van der Waals surface area contributed by atoms with Crippen molar-refractivity contribution in [1.29, 1.82) is 0 Å². The number of hydrogen-bond acceptors (Lipinski definition) is 7. The third kappa shape index (κ3) is 3.64. The molecule has 0 saturated heterocycles. The molecule has 0 N–H and O–H groups in total. The second-order valence-electron chi connectivity index (χ2n) is 6.49. The summed E-state index contributed by atoms with van der Waals surface area (Å²) in [6.07, 6.45) is 5.86. The van der Waals surface area contributed by atoms with Crippen LogP contribution in [0.2, 0.25) is 0 Å². The number of rotatable bonds is 4. The standard InChI is InChI=1S/C21H17N3O5/c1-28-18-8-7-14(12-23-18)24-19-13(4-3-9-22-19)10-17(20(24)26)21(27)29-16-6-2-5-15(25)11-16/h3-4,7-12H,2,5-6H2,1H3. The smallest absolute Gasteiger partial charge is 0.348 e. The molecule has 0 aliphatic heterocycles. The summed E-state index contributed by atoms with van der Waals surface area (Å²) < 4.78 is 11.7. The molecule has 0 bridgehead atoms. The van der Waals surface area contributed by atoms with E-state index in [2.05, 4.69) is 9.97 Å². The quantitative estimate of drug-likeness (QED) is 0.630. The molecule has 3 heterocycles. The summed E-state index contributed by atoms with van der Waals surface area (Å²) in [5.74, 6) is -0.237. The predicted molar refractivity (Wildman–Crippen MR) is 104 cm³/mol. The topological polar surface area (TPSA) is 100 Å². The second kappa shape index (κ2) is 7.67. The Balaban J connectivity index is 1.83. The van der Waals surface area contributed by atoms with Crippen molar-refractivity contribution in [2.45, 2.75) is 19.3 Å². The van der Waals surface area contributed by atoms with Crippen molar-refractivity contribution in [2.24, 2.45) is 0 Å². The van der Waals surface area contributed by atoms with Gasteiger partial charge >= 0.3 is 5.97 Å². The highest BCUT2D eigenvalue weighted by Crippen LogP contribution is 2.20. The number of carbonyl (C=O) groups excluding carboxylic acids is 2. The SMILES string of the molecule is COc1ccc(-n2c(=O)c(C(=O)OC3=CC(=O)CCC3)cc3cccnc32)cn1. The minimum absolute atomic E-state index is 0.0940. The Morgan fingerprint density at radius 3 is 2.72 bits per heavy atom. The number of methoxy groups -OCH3 is 1. The number of aromatic nitrogens is 3. The molecule has 29 heavy (non-hydrogen) atoms. The van der Waals surface area contributed by atoms with Gasteiger partial charge in [-0.2, -0.15) is 0 Å². The summed E-state index contributed by atoms with van der Waals surface area (Å²) in [6.45, 7) is 0. The Morgan fingerprint density at radius 1 is 1.14 bits per heavy atom. The maximum Gasteiger partial charge on any atom is 0.348 e. The van der Waals surface area contributed by atoms with Gasteiger partial charge < -0.3 is 9.47 Å². The van der Waals surface area contributed by atoms with Crippen molar-refractivity contribution in [3.63, 3.8) is 0 Å². The van der Waals surface area contributed by atoms with Crippen LogP contribution in [-0.2, 0) is 9.53 Å². The van der Waals surface area contributed by atoms with Gasteiger partial charge in [0.05, 0.1) is 19.0 Å². The summed E-state index contributed by atoms with van der Waals surface area (Å²) in [6, 6.07) is 8.17. The first-order chi connectivity index (χ1) is 14.1. The first-order valence-electron chi connectivity index (χ1n) is 9.03. The molecule has 146 valence electrons. The van der Waals surface area contributed by atoms with E-state index in [9.17, 15) is 14.4 Å². The first kappa shape index (κ1) is 18.5. The number of hydrogen-bond donors (Lipinski definition) is 0. The molecule has 0 spiro atoms. The second-order valence-corrected chi connectivity index (χ2v) is 6.49. The van der Waals surface area contributed by atoms with Crippen LogP contribution < -0.4 is 10.3 Å². The first-order valence-corrected chi connectivity index (χ1v) is 9.03. The Kier molecular flexibility index (Phi) is 4.90. The van der Waals surface area contributed by atoms with Crippen LogP contribution in [0.4, 0.5) is 0 Å². The number of carbonyl (C=O) groups is 2. The lowest BCUT2D eigenvalue weighted by Crippen LogP contribution is -2.27. The fraction of sp³-hybridized carbons (Fsp3) is 0.190. The number of ether oxygens (including phenoxy) is 2. The van der Waals surface area contributed by atoms with Crippen LogP contribution in [0.15, 0.2) is 59.4 Å². The monoisotopic (exact) mass is 391 g/mol. The average molecular weight is 391 g/mol. The lowest BCUT2D eigenvalue weighted by Gasteiger charge is -2.14. The minimum atomic E-state index is -0.808. The van der Waals surface area contributed by atoms with Gasteiger partial charge in [-0.15, -0.1) is 0 Å². The molecular formula is C21H17N3O5. The van der Waals surface area contributed by atoms with Gasteiger partial charge in [-0.3, -0.25) is 14.2 Å². The molecule has 3 aromatic heterocycles. The number of fused-ring (bicyclic) bond motifs is 1. The number of allylic oxidation sites excluding steroid dienone is 2. The van der Waals surface area contributed by atoms with Gasteiger partial charge in [0.1, 0.15) is 17.0 Å². The fourth-order valence-corrected chi connectivity index (χ4v) is 3.17. The summed E-state index contributed by atoms with van der Waals surface area (Å²) in [4.78, 5) is 45.9. The lowest BCUT2D eigenvalue weighted by molar-refractivity contribution is -0.115. The van der Waals surface area contributed by atoms with Gasteiger partial charge in [0, 0.05) is 36.6 Å². The van der Waals surface area contributed by atoms with Gasteiger partial charge in [0.15, 0.2) is 5.78 Å². The molecule has 0 unspecified atom stereocenters. The largest absolute Gasteiger partial charge is 0.481 e. The summed E-state index contributed by atoms with van der Waals surface area (Å²) in [5, 5.41) is 0.587. The van der Waals surface area contributed by atoms with Crippen molar-refractivity contribution >= 4 is 22.8 Å². The highest BCUT2D eigenvalue weighted by molar-refractivity contribution is 5.95. The molecule has 8 nitrogen and oxygen atoms in total. The average Bonchev–Trinajstić information content (AvgIpc) is 2.73. The van der Waals surface area contributed by atoms with Crippen LogP contribution in [0.25, 0.3) is 16.7 Å². The Hall–Kier alpha value is -3.81. The zero-order valence-corrected chi connectivity index (χ0v) is 15.6. The van der Waals surface area contributed by atoms with Gasteiger partial charge in [-0.1, -0.05) is 0 Å². The van der Waals surface area contributed by atoms with E-state index in [1.165, 1.54) is 30.0 Å². The normalized spacial score (nSPS) is 13.8. The maximum absolute atomic E-state index is 13.2. The number of pyridine rings is 3. The molecule has 0 amide bonds. The Morgan fingerprint density at radius 2 is 2.00 bits per heavy atom. The van der Waals surface area contributed by atoms with Crippen molar-refractivity contribution in [2.75, 3.05) is 7.11 Å². The molecule has 1 aliphatic rings. The predicted octanol–water partition coefficient (Wildman–Crippen LogP) is 2.58. The van der Waals surface area contributed by atoms with E-state index in [0.717, 1.165) is 0 Å². The minimum Gasteiger partial charge on any atom is -0.481 e. The zero-order chi connectivity index (χ0) is 20.4. The molecule has 0 atom stereocenters. The van der Waals surface area contributed by atoms with Crippen molar-refractivity contribution in [1.82, 2.24) is 14.5 Å². The highest BCUT2D eigenvalue weighted by atomic mass is 16.5. The molecule has 3 aromatic rings. The van der Waals surface area contributed by atoms with Gasteiger partial charge in [-0.25, -0.2) is 14.8 Å². The zero-order valence-electron chi connectivity index (χ0n) is 15.6. The Labute approximate surface area is 165 Å². The third-order valence-corrected chi connectivity index (χ3v) is 4.56. The van der Waals surface area contributed by atoms with Crippen LogP contribution >= 0.6 is 0 Å². The number of nitrogens with zero attached hydrogens (tertiary/aromatic N) is 3. The molecular weight excluding hydrogens is 374 g/mol. The van der Waals surface area contributed by atoms with Crippen LogP contribution in [0.1, 0.15) is 29.6 Å². The van der Waals surface area contributed by atoms with Crippen LogP contribution in [0.3, 0.4) is 0 Å². The van der Waals surface area contributed by atoms with E-state index in [1.54, 1.807) is 30.5 Å². The van der Waals surface area contributed by atoms with Crippen molar-refractivity contribution in [3.05, 3.63) is 70.5 Å². The van der Waals surface area contributed by atoms with E-state index in [1.807, 2.05) is 0 Å². The molecule has 0 fully saturated rings. The summed E-state index contributed by atoms with van der Waals surface area (Å²) in [7, 11) is 1.49. The van der Waals surface area contributed by atoms with Gasteiger partial charge in [0.2, 0.25) is 5.88 Å². The van der Waals surface area contributed by atoms with Crippen molar-refractivity contribution in [3.8, 4) is 11.6 Å². The lowest BCUT2D eigenvalue weighted by atomic mass is 10.1. The van der Waals surface area contributed by atoms with E-state index in [-0.39, 0.29) is 17.1 Å². The molecule has 4 rings (SSSR count). The molecule has 0 saturated carbocycles. The van der Waals surface area contributed by atoms with Gasteiger partial charge in [0.25, 0.3) is 5.56 Å².